The first-order chi connectivity index (χ1) is 14.6. The van der Waals surface area contributed by atoms with Crippen molar-refractivity contribution < 1.29 is 4.79 Å². The number of piperidine rings is 1. The minimum atomic E-state index is -0.0562. The van der Waals surface area contributed by atoms with Crippen molar-refractivity contribution in [3.8, 4) is 5.69 Å². The average Bonchev–Trinajstić information content (AvgIpc) is 3.43. The molecule has 30 heavy (non-hydrogen) atoms. The van der Waals surface area contributed by atoms with E-state index >= 15 is 0 Å². The lowest BCUT2D eigenvalue weighted by Crippen LogP contribution is -2.48. The molecule has 5 rings (SSSR count). The first-order valence-corrected chi connectivity index (χ1v) is 10.3. The van der Waals surface area contributed by atoms with Crippen molar-refractivity contribution in [2.45, 2.75) is 31.1 Å². The molecule has 8 heteroatoms. The van der Waals surface area contributed by atoms with E-state index in [1.165, 1.54) is 5.56 Å². The third kappa shape index (κ3) is 3.12. The lowest BCUT2D eigenvalue weighted by atomic mass is 9.77. The maximum Gasteiger partial charge on any atom is 0.253 e. The highest BCUT2D eigenvalue weighted by atomic mass is 16.2. The average molecular weight is 403 g/mol. The molecule has 8 nitrogen and oxygen atoms in total. The molecule has 2 aliphatic rings. The van der Waals surface area contributed by atoms with Gasteiger partial charge in [0, 0.05) is 50.0 Å². The third-order valence-electron chi connectivity index (χ3n) is 6.32. The molecule has 3 aromatic rings. The second-order valence-corrected chi connectivity index (χ2v) is 8.46. The molecule has 1 aliphatic heterocycles. The van der Waals surface area contributed by atoms with Crippen LogP contribution in [0, 0.1) is 0 Å². The maximum absolute atomic E-state index is 13.3. The molecule has 1 unspecified atom stereocenters. The molecule has 1 amide bonds. The largest absolute Gasteiger partial charge is 0.347 e. The zero-order valence-corrected chi connectivity index (χ0v) is 17.3. The number of rotatable bonds is 3. The predicted molar refractivity (Wildman–Crippen MR) is 113 cm³/mol. The van der Waals surface area contributed by atoms with Gasteiger partial charge >= 0.3 is 0 Å². The quantitative estimate of drug-likeness (QED) is 0.667. The molecule has 1 saturated heterocycles. The van der Waals surface area contributed by atoms with Crippen LogP contribution < -0.4 is 4.90 Å². The van der Waals surface area contributed by atoms with E-state index in [1.54, 1.807) is 12.7 Å². The summed E-state index contributed by atoms with van der Waals surface area (Å²) in [5.41, 5.74) is 3.96. The zero-order valence-electron chi connectivity index (χ0n) is 17.3. The Hall–Kier alpha value is -3.29. The van der Waals surface area contributed by atoms with Gasteiger partial charge in [0.1, 0.15) is 12.7 Å². The molecular formula is C22H25N7O. The van der Waals surface area contributed by atoms with Crippen molar-refractivity contribution in [1.29, 1.82) is 0 Å². The Labute approximate surface area is 175 Å². The molecule has 2 aromatic heterocycles. The van der Waals surface area contributed by atoms with Crippen LogP contribution in [0.15, 0.2) is 43.1 Å². The van der Waals surface area contributed by atoms with Crippen LogP contribution in [0.5, 0.6) is 0 Å². The number of nitrogens with zero attached hydrogens (tertiary/aromatic N) is 7. The van der Waals surface area contributed by atoms with Crippen molar-refractivity contribution in [3.63, 3.8) is 0 Å². The highest BCUT2D eigenvalue weighted by Gasteiger charge is 2.45. The van der Waals surface area contributed by atoms with Gasteiger partial charge in [-0.3, -0.25) is 9.36 Å². The van der Waals surface area contributed by atoms with Crippen molar-refractivity contribution >= 4 is 11.9 Å². The van der Waals surface area contributed by atoms with Gasteiger partial charge in [-0.05, 0) is 55.5 Å². The summed E-state index contributed by atoms with van der Waals surface area (Å²) in [5, 5.41) is 7.66. The summed E-state index contributed by atoms with van der Waals surface area (Å²) < 4.78 is 1.82. The molecule has 3 heterocycles. The van der Waals surface area contributed by atoms with E-state index in [0.717, 1.165) is 56.1 Å². The second-order valence-electron chi connectivity index (χ2n) is 8.46. The summed E-state index contributed by atoms with van der Waals surface area (Å²) in [6.07, 6.45) is 9.34. The van der Waals surface area contributed by atoms with Gasteiger partial charge < -0.3 is 9.80 Å². The number of carbonyl (C=O) groups excluding carboxylic acids is 1. The fourth-order valence-electron chi connectivity index (χ4n) is 4.74. The van der Waals surface area contributed by atoms with E-state index in [0.29, 0.717) is 5.56 Å². The number of carbonyl (C=O) groups is 1. The first kappa shape index (κ1) is 18.7. The second kappa shape index (κ2) is 7.19. The van der Waals surface area contributed by atoms with Crippen LogP contribution in [-0.4, -0.2) is 62.7 Å². The Morgan fingerprint density at radius 3 is 2.60 bits per heavy atom. The summed E-state index contributed by atoms with van der Waals surface area (Å²) in [4.78, 5) is 26.6. The Kier molecular flexibility index (Phi) is 4.49. The topological polar surface area (TPSA) is 80.0 Å². The van der Waals surface area contributed by atoms with Crippen molar-refractivity contribution in [2.75, 3.05) is 32.1 Å². The summed E-state index contributed by atoms with van der Waals surface area (Å²) in [6.45, 7) is 1.50. The number of anilines is 1. The standard InChI is InChI=1S/C22H25N7O/c1-27(2)21-23-12-17-8-10-22(19(17)26-21)9-3-11-28(13-22)20(30)16-4-6-18(7-5-16)29-14-24-25-15-29/h4-7,12,14-15H,3,8-11,13H2,1-2H3. The maximum atomic E-state index is 13.3. The van der Waals surface area contributed by atoms with Crippen LogP contribution in [0.3, 0.4) is 0 Å². The lowest BCUT2D eigenvalue weighted by molar-refractivity contribution is 0.0633. The zero-order chi connectivity index (χ0) is 20.7. The number of aryl methyl sites for hydroxylation is 1. The van der Waals surface area contributed by atoms with Crippen LogP contribution in [0.1, 0.15) is 40.9 Å². The van der Waals surface area contributed by atoms with Gasteiger partial charge in [0.05, 0.1) is 5.69 Å². The van der Waals surface area contributed by atoms with E-state index in [2.05, 4.69) is 15.2 Å². The fourth-order valence-corrected chi connectivity index (χ4v) is 4.74. The number of hydrogen-bond donors (Lipinski definition) is 0. The molecule has 1 fully saturated rings. The number of amides is 1. The molecular weight excluding hydrogens is 378 g/mol. The van der Waals surface area contributed by atoms with E-state index in [4.69, 9.17) is 4.98 Å². The van der Waals surface area contributed by atoms with Crippen molar-refractivity contribution in [3.05, 3.63) is 59.9 Å². The number of fused-ring (bicyclic) bond motifs is 2. The summed E-state index contributed by atoms with van der Waals surface area (Å²) in [6, 6.07) is 7.62. The van der Waals surface area contributed by atoms with Crippen LogP contribution in [-0.2, 0) is 11.8 Å². The monoisotopic (exact) mass is 403 g/mol. The Balaban J connectivity index is 1.39. The van der Waals surface area contributed by atoms with E-state index in [9.17, 15) is 4.79 Å². The fraction of sp³-hybridized carbons (Fsp3) is 0.409. The van der Waals surface area contributed by atoms with Gasteiger partial charge in [-0.2, -0.15) is 0 Å². The first-order valence-electron chi connectivity index (χ1n) is 10.3. The summed E-state index contributed by atoms with van der Waals surface area (Å²) in [5.74, 6) is 0.822. The molecule has 1 aliphatic carbocycles. The van der Waals surface area contributed by atoms with Crippen LogP contribution >= 0.6 is 0 Å². The SMILES string of the molecule is CN(C)c1ncc2c(n1)C1(CCCN(C(=O)c3ccc(-n4cnnc4)cc3)C1)CC2. The highest BCUT2D eigenvalue weighted by Crippen LogP contribution is 2.44. The number of aromatic nitrogens is 5. The van der Waals surface area contributed by atoms with Crippen LogP contribution in [0.25, 0.3) is 5.69 Å². The van der Waals surface area contributed by atoms with E-state index < -0.39 is 0 Å². The Morgan fingerprint density at radius 1 is 1.10 bits per heavy atom. The Morgan fingerprint density at radius 2 is 1.87 bits per heavy atom. The molecule has 154 valence electrons. The highest BCUT2D eigenvalue weighted by molar-refractivity contribution is 5.94. The Bertz CT molecular complexity index is 1060. The smallest absolute Gasteiger partial charge is 0.253 e. The van der Waals surface area contributed by atoms with Gasteiger partial charge in [-0.1, -0.05) is 0 Å². The third-order valence-corrected chi connectivity index (χ3v) is 6.32. The number of hydrogen-bond acceptors (Lipinski definition) is 6. The number of benzene rings is 1. The minimum absolute atomic E-state index is 0.0562. The van der Waals surface area contributed by atoms with Crippen LogP contribution in [0.2, 0.25) is 0 Å². The molecule has 0 bridgehead atoms. The normalized spacial score (nSPS) is 20.4. The molecule has 1 spiro atoms. The van der Waals surface area contributed by atoms with E-state index in [-0.39, 0.29) is 11.3 Å². The van der Waals surface area contributed by atoms with Gasteiger partial charge in [-0.25, -0.2) is 9.97 Å². The summed E-state index contributed by atoms with van der Waals surface area (Å²) in [7, 11) is 3.92. The van der Waals surface area contributed by atoms with Gasteiger partial charge in [-0.15, -0.1) is 10.2 Å². The van der Waals surface area contributed by atoms with Gasteiger partial charge in [0.2, 0.25) is 5.95 Å². The molecule has 0 N–H and O–H groups in total. The minimum Gasteiger partial charge on any atom is -0.347 e. The van der Waals surface area contributed by atoms with Crippen molar-refractivity contribution in [1.82, 2.24) is 29.6 Å². The summed E-state index contributed by atoms with van der Waals surface area (Å²) >= 11 is 0. The van der Waals surface area contributed by atoms with Gasteiger partial charge in [0.25, 0.3) is 5.91 Å². The number of likely N-dealkylation sites (tertiary alicyclic amines) is 1. The molecule has 1 aromatic carbocycles. The van der Waals surface area contributed by atoms with Gasteiger partial charge in [0.15, 0.2) is 0 Å². The van der Waals surface area contributed by atoms with Crippen LogP contribution in [0.4, 0.5) is 5.95 Å². The molecule has 0 saturated carbocycles. The predicted octanol–water partition coefficient (Wildman–Crippen LogP) is 2.24. The van der Waals surface area contributed by atoms with E-state index in [1.807, 2.05) is 58.9 Å². The lowest BCUT2D eigenvalue weighted by Gasteiger charge is -2.40. The molecule has 1 atom stereocenters. The van der Waals surface area contributed by atoms with Crippen molar-refractivity contribution in [2.24, 2.45) is 0 Å². The molecule has 0 radical (unpaired) electrons.